The second-order valence-corrected chi connectivity index (χ2v) is 6.64. The summed E-state index contributed by atoms with van der Waals surface area (Å²) in [5, 5.41) is 0.862. The van der Waals surface area contributed by atoms with Crippen molar-refractivity contribution in [3.63, 3.8) is 0 Å². The summed E-state index contributed by atoms with van der Waals surface area (Å²) in [5.74, 6) is 0.211. The van der Waals surface area contributed by atoms with E-state index in [0.717, 1.165) is 27.9 Å². The van der Waals surface area contributed by atoms with E-state index in [1.54, 1.807) is 13.0 Å². The average Bonchev–Trinajstić information content (AvgIpc) is 2.93. The maximum absolute atomic E-state index is 12.1. The number of nitrogens with one attached hydrogen (secondary N) is 1. The Morgan fingerprint density at radius 3 is 2.68 bits per heavy atom. The van der Waals surface area contributed by atoms with Gasteiger partial charge in [0.25, 0.3) is 0 Å². The summed E-state index contributed by atoms with van der Waals surface area (Å²) in [4.78, 5) is 26.9. The lowest BCUT2D eigenvalue weighted by molar-refractivity contribution is 0.0525. The van der Waals surface area contributed by atoms with E-state index in [1.165, 1.54) is 6.07 Å². The molecule has 6 heteroatoms. The van der Waals surface area contributed by atoms with Crippen LogP contribution in [0.3, 0.4) is 0 Å². The standard InChI is InChI=1S/C22H23NO5/c1-6-26-22(25)20-14(4)21(23-15(20)5)13(3)11-27-16-7-8-17-12(2)9-19(24)28-18(17)10-16/h7-10,23H,3,6,11H2,1-2,4-5H3. The first-order valence-electron chi connectivity index (χ1n) is 9.03. The number of H-pyrrole nitrogens is 1. The number of aromatic nitrogens is 1. The van der Waals surface area contributed by atoms with Crippen LogP contribution in [0.15, 0.2) is 40.1 Å². The van der Waals surface area contributed by atoms with Gasteiger partial charge >= 0.3 is 11.6 Å². The Labute approximate surface area is 162 Å². The van der Waals surface area contributed by atoms with Crippen LogP contribution < -0.4 is 10.4 Å². The van der Waals surface area contributed by atoms with E-state index in [0.29, 0.717) is 29.1 Å². The molecule has 0 radical (unpaired) electrons. The summed E-state index contributed by atoms with van der Waals surface area (Å²) in [6, 6.07) is 6.82. The van der Waals surface area contributed by atoms with E-state index >= 15 is 0 Å². The van der Waals surface area contributed by atoms with Gasteiger partial charge in [-0.3, -0.25) is 0 Å². The smallest absolute Gasteiger partial charge is 0.340 e. The number of carbonyl (C=O) groups excluding carboxylic acids is 1. The molecule has 146 valence electrons. The molecule has 0 fully saturated rings. The number of hydrogen-bond acceptors (Lipinski definition) is 5. The van der Waals surface area contributed by atoms with E-state index in [4.69, 9.17) is 13.9 Å². The molecule has 0 aliphatic rings. The quantitative estimate of drug-likeness (QED) is 0.508. The van der Waals surface area contributed by atoms with Gasteiger partial charge in [-0.1, -0.05) is 6.58 Å². The Morgan fingerprint density at radius 2 is 1.96 bits per heavy atom. The molecule has 1 N–H and O–H groups in total. The lowest BCUT2D eigenvalue weighted by Gasteiger charge is -2.10. The topological polar surface area (TPSA) is 81.5 Å². The monoisotopic (exact) mass is 381 g/mol. The Balaban J connectivity index is 1.79. The van der Waals surface area contributed by atoms with Gasteiger partial charge in [-0.15, -0.1) is 0 Å². The maximum Gasteiger partial charge on any atom is 0.340 e. The number of aromatic amines is 1. The highest BCUT2D eigenvalue weighted by molar-refractivity contribution is 5.94. The molecule has 6 nitrogen and oxygen atoms in total. The van der Waals surface area contributed by atoms with E-state index in [-0.39, 0.29) is 12.6 Å². The molecule has 1 aromatic carbocycles. The van der Waals surface area contributed by atoms with Crippen molar-refractivity contribution >= 4 is 22.5 Å². The summed E-state index contributed by atoms with van der Waals surface area (Å²) in [5.41, 5.74) is 4.43. The van der Waals surface area contributed by atoms with Crippen LogP contribution in [0.2, 0.25) is 0 Å². The fraction of sp³-hybridized carbons (Fsp3) is 0.273. The van der Waals surface area contributed by atoms with Crippen molar-refractivity contribution in [2.45, 2.75) is 27.7 Å². The molecule has 0 amide bonds. The van der Waals surface area contributed by atoms with Crippen LogP contribution >= 0.6 is 0 Å². The molecule has 2 heterocycles. The largest absolute Gasteiger partial charge is 0.489 e. The first kappa shape index (κ1) is 19.5. The van der Waals surface area contributed by atoms with Gasteiger partial charge in [0.1, 0.15) is 17.9 Å². The first-order valence-corrected chi connectivity index (χ1v) is 9.03. The molecule has 0 unspecified atom stereocenters. The van der Waals surface area contributed by atoms with E-state index in [1.807, 2.05) is 32.9 Å². The minimum Gasteiger partial charge on any atom is -0.489 e. The number of aryl methyl sites for hydroxylation is 2. The Morgan fingerprint density at radius 1 is 1.21 bits per heavy atom. The van der Waals surface area contributed by atoms with Gasteiger partial charge in [-0.2, -0.15) is 0 Å². The highest BCUT2D eigenvalue weighted by Crippen LogP contribution is 2.26. The zero-order chi connectivity index (χ0) is 20.4. The summed E-state index contributed by atoms with van der Waals surface area (Å²) in [7, 11) is 0. The van der Waals surface area contributed by atoms with Crippen LogP contribution in [0.5, 0.6) is 5.75 Å². The highest BCUT2D eigenvalue weighted by Gasteiger charge is 2.20. The van der Waals surface area contributed by atoms with Gasteiger partial charge in [0.15, 0.2) is 0 Å². The number of fused-ring (bicyclic) bond motifs is 1. The van der Waals surface area contributed by atoms with Crippen LogP contribution in [0, 0.1) is 20.8 Å². The Hall–Kier alpha value is -3.28. The first-order chi connectivity index (χ1) is 13.3. The van der Waals surface area contributed by atoms with Crippen molar-refractivity contribution < 1.29 is 18.7 Å². The summed E-state index contributed by atoms with van der Waals surface area (Å²) in [6.07, 6.45) is 0. The zero-order valence-corrected chi connectivity index (χ0v) is 16.5. The number of carbonyl (C=O) groups is 1. The molecule has 0 aliphatic carbocycles. The molecule has 0 bridgehead atoms. The predicted octanol–water partition coefficient (Wildman–Crippen LogP) is 4.32. The average molecular weight is 381 g/mol. The third-order valence-electron chi connectivity index (χ3n) is 4.61. The summed E-state index contributed by atoms with van der Waals surface area (Å²) >= 11 is 0. The predicted molar refractivity (Wildman–Crippen MR) is 108 cm³/mol. The number of benzene rings is 1. The maximum atomic E-state index is 12.1. The molecule has 2 aromatic heterocycles. The van der Waals surface area contributed by atoms with Crippen LogP contribution in [-0.2, 0) is 4.74 Å². The fourth-order valence-electron chi connectivity index (χ4n) is 3.25. The molecule has 0 saturated heterocycles. The van der Waals surface area contributed by atoms with Crippen LogP contribution in [0.25, 0.3) is 16.5 Å². The number of ether oxygens (including phenoxy) is 2. The Bertz CT molecular complexity index is 1120. The van der Waals surface area contributed by atoms with Crippen molar-refractivity contribution in [2.75, 3.05) is 13.2 Å². The van der Waals surface area contributed by atoms with Crippen LogP contribution in [0.1, 0.15) is 39.8 Å². The van der Waals surface area contributed by atoms with Crippen molar-refractivity contribution in [3.05, 3.63) is 69.3 Å². The molecule has 3 aromatic rings. The lowest BCUT2D eigenvalue weighted by Crippen LogP contribution is -2.07. The molecule has 0 aliphatic heterocycles. The normalized spacial score (nSPS) is 10.9. The minimum atomic E-state index is -0.393. The van der Waals surface area contributed by atoms with Crippen molar-refractivity contribution in [1.29, 1.82) is 0 Å². The number of esters is 1. The van der Waals surface area contributed by atoms with Crippen molar-refractivity contribution in [2.24, 2.45) is 0 Å². The van der Waals surface area contributed by atoms with Gasteiger partial charge < -0.3 is 18.9 Å². The molecule has 28 heavy (non-hydrogen) atoms. The number of hydrogen-bond donors (Lipinski definition) is 1. The third-order valence-corrected chi connectivity index (χ3v) is 4.61. The van der Waals surface area contributed by atoms with Gasteiger partial charge in [-0.05, 0) is 51.0 Å². The lowest BCUT2D eigenvalue weighted by atomic mass is 10.1. The van der Waals surface area contributed by atoms with Gasteiger partial charge in [0.05, 0.1) is 12.2 Å². The SMILES string of the molecule is C=C(COc1ccc2c(C)cc(=O)oc2c1)c1[nH]c(C)c(C(=O)OCC)c1C. The van der Waals surface area contributed by atoms with Gasteiger partial charge in [0.2, 0.25) is 0 Å². The van der Waals surface area contributed by atoms with Gasteiger partial charge in [-0.25, -0.2) is 9.59 Å². The number of rotatable bonds is 6. The summed E-state index contributed by atoms with van der Waals surface area (Å²) in [6.45, 7) is 11.9. The molecular weight excluding hydrogens is 358 g/mol. The second-order valence-electron chi connectivity index (χ2n) is 6.64. The third kappa shape index (κ3) is 3.71. The van der Waals surface area contributed by atoms with Crippen LogP contribution in [-0.4, -0.2) is 24.2 Å². The zero-order valence-electron chi connectivity index (χ0n) is 16.5. The molecule has 0 spiro atoms. The fourth-order valence-corrected chi connectivity index (χ4v) is 3.25. The Kier molecular flexibility index (Phi) is 5.40. The molecule has 0 saturated carbocycles. The second kappa shape index (κ2) is 7.76. The minimum absolute atomic E-state index is 0.213. The summed E-state index contributed by atoms with van der Waals surface area (Å²) < 4.78 is 16.2. The highest BCUT2D eigenvalue weighted by atomic mass is 16.5. The molecular formula is C22H23NO5. The van der Waals surface area contributed by atoms with Crippen LogP contribution in [0.4, 0.5) is 0 Å². The van der Waals surface area contributed by atoms with E-state index < -0.39 is 5.63 Å². The van der Waals surface area contributed by atoms with E-state index in [2.05, 4.69) is 11.6 Å². The van der Waals surface area contributed by atoms with Gasteiger partial charge in [0, 0.05) is 34.5 Å². The molecule has 3 rings (SSSR count). The van der Waals surface area contributed by atoms with E-state index in [9.17, 15) is 9.59 Å². The van der Waals surface area contributed by atoms with Crippen molar-refractivity contribution in [1.82, 2.24) is 4.98 Å². The molecule has 0 atom stereocenters. The van der Waals surface area contributed by atoms with Crippen molar-refractivity contribution in [3.8, 4) is 5.75 Å².